The van der Waals surface area contributed by atoms with E-state index in [9.17, 15) is 9.90 Å². The molecule has 0 unspecified atom stereocenters. The van der Waals surface area contributed by atoms with Gasteiger partial charge in [0.25, 0.3) is 5.91 Å². The first-order chi connectivity index (χ1) is 11.6. The molecular weight excluding hydrogens is 302 g/mol. The molecule has 0 atom stereocenters. The molecule has 0 saturated heterocycles. The third-order valence-corrected chi connectivity index (χ3v) is 3.77. The van der Waals surface area contributed by atoms with Crippen molar-refractivity contribution in [2.75, 3.05) is 0 Å². The first kappa shape index (κ1) is 15.7. The number of hydrogen-bond donors (Lipinski definition) is 1. The van der Waals surface area contributed by atoms with Gasteiger partial charge in [-0.2, -0.15) is 0 Å². The number of benzene rings is 2. The molecule has 0 saturated carbocycles. The Hall–Kier alpha value is -3.21. The Balaban J connectivity index is 2.00. The first-order valence-corrected chi connectivity index (χ1v) is 7.55. The van der Waals surface area contributed by atoms with E-state index in [1.807, 2.05) is 43.3 Å². The first-order valence-electron chi connectivity index (χ1n) is 7.55. The standard InChI is InChI=1S/C19H17N3O2/c1-3-12-22-16-7-5-4-6-15(16)17(19(22)24)20-21-18(23)14-10-8-13(2)9-11-14/h3-11,24H,1,12H2,2H3. The van der Waals surface area contributed by atoms with Gasteiger partial charge in [-0.05, 0) is 25.1 Å². The summed E-state index contributed by atoms with van der Waals surface area (Å²) < 4.78 is 1.67. The summed E-state index contributed by atoms with van der Waals surface area (Å²) in [5.41, 5.74) is 2.62. The molecular formula is C19H17N3O2. The van der Waals surface area contributed by atoms with Crippen LogP contribution in [0, 0.1) is 6.92 Å². The molecule has 0 bridgehead atoms. The van der Waals surface area contributed by atoms with Crippen molar-refractivity contribution in [1.82, 2.24) is 4.57 Å². The van der Waals surface area contributed by atoms with Gasteiger partial charge in [-0.25, -0.2) is 0 Å². The Bertz CT molecular complexity index is 937. The van der Waals surface area contributed by atoms with Crippen LogP contribution in [0.5, 0.6) is 5.88 Å². The van der Waals surface area contributed by atoms with Gasteiger partial charge in [0.1, 0.15) is 0 Å². The van der Waals surface area contributed by atoms with E-state index in [0.29, 0.717) is 12.1 Å². The van der Waals surface area contributed by atoms with Crippen LogP contribution < -0.4 is 0 Å². The lowest BCUT2D eigenvalue weighted by Gasteiger charge is -2.01. The van der Waals surface area contributed by atoms with Gasteiger partial charge in [-0.1, -0.05) is 42.0 Å². The molecule has 1 N–H and O–H groups in total. The van der Waals surface area contributed by atoms with Crippen LogP contribution in [0.3, 0.4) is 0 Å². The zero-order valence-electron chi connectivity index (χ0n) is 13.3. The van der Waals surface area contributed by atoms with Crippen LogP contribution in [-0.4, -0.2) is 15.6 Å². The summed E-state index contributed by atoms with van der Waals surface area (Å²) in [5, 5.41) is 18.9. The number of allylic oxidation sites excluding steroid dienone is 1. The van der Waals surface area contributed by atoms with Crippen LogP contribution in [0.4, 0.5) is 5.69 Å². The van der Waals surface area contributed by atoms with Crippen molar-refractivity contribution >= 4 is 22.5 Å². The highest BCUT2D eigenvalue weighted by Gasteiger charge is 2.16. The number of carbonyl (C=O) groups excluding carboxylic acids is 1. The zero-order chi connectivity index (χ0) is 17.1. The van der Waals surface area contributed by atoms with E-state index in [-0.39, 0.29) is 11.6 Å². The Kier molecular flexibility index (Phi) is 4.24. The van der Waals surface area contributed by atoms with Crippen LogP contribution >= 0.6 is 0 Å². The maximum atomic E-state index is 12.1. The van der Waals surface area contributed by atoms with Crippen LogP contribution in [0.2, 0.25) is 0 Å². The number of carbonyl (C=O) groups is 1. The molecule has 3 rings (SSSR count). The van der Waals surface area contributed by atoms with E-state index in [1.165, 1.54) is 0 Å². The highest BCUT2D eigenvalue weighted by atomic mass is 16.3. The molecule has 0 aliphatic heterocycles. The molecule has 0 spiro atoms. The number of hydrogen-bond acceptors (Lipinski definition) is 3. The molecule has 5 nitrogen and oxygen atoms in total. The van der Waals surface area contributed by atoms with Crippen molar-refractivity contribution in [2.24, 2.45) is 10.2 Å². The SMILES string of the molecule is C=CCn1c(O)c(N=NC(=O)c2ccc(C)cc2)c2ccccc21. The summed E-state index contributed by atoms with van der Waals surface area (Å²) in [6, 6.07) is 14.5. The average molecular weight is 319 g/mol. The lowest BCUT2D eigenvalue weighted by atomic mass is 10.1. The summed E-state index contributed by atoms with van der Waals surface area (Å²) in [7, 11) is 0. The topological polar surface area (TPSA) is 66.9 Å². The minimum atomic E-state index is -0.449. The molecule has 1 heterocycles. The second-order valence-electron chi connectivity index (χ2n) is 5.46. The number of aryl methyl sites for hydroxylation is 1. The largest absolute Gasteiger partial charge is 0.493 e. The second-order valence-corrected chi connectivity index (χ2v) is 5.46. The van der Waals surface area contributed by atoms with Crippen molar-refractivity contribution in [3.05, 3.63) is 72.3 Å². The van der Waals surface area contributed by atoms with Crippen LogP contribution in [-0.2, 0) is 6.54 Å². The molecule has 120 valence electrons. The van der Waals surface area contributed by atoms with E-state index in [2.05, 4.69) is 16.8 Å². The molecule has 0 aliphatic carbocycles. The van der Waals surface area contributed by atoms with Gasteiger partial charge < -0.3 is 9.67 Å². The summed E-state index contributed by atoms with van der Waals surface area (Å²) in [6.45, 7) is 6.08. The van der Waals surface area contributed by atoms with Crippen molar-refractivity contribution < 1.29 is 9.90 Å². The molecule has 1 aromatic heterocycles. The van der Waals surface area contributed by atoms with Gasteiger partial charge in [0.05, 0.1) is 5.52 Å². The fraction of sp³-hybridized carbons (Fsp3) is 0.105. The summed E-state index contributed by atoms with van der Waals surface area (Å²) >= 11 is 0. The normalized spacial score (nSPS) is 11.2. The lowest BCUT2D eigenvalue weighted by molar-refractivity contribution is 0.0995. The van der Waals surface area contributed by atoms with Gasteiger partial charge in [0.15, 0.2) is 5.69 Å². The number of aromatic nitrogens is 1. The van der Waals surface area contributed by atoms with Crippen LogP contribution in [0.1, 0.15) is 15.9 Å². The fourth-order valence-corrected chi connectivity index (χ4v) is 2.53. The van der Waals surface area contributed by atoms with Crippen LogP contribution in [0.15, 0.2) is 71.4 Å². The molecule has 0 radical (unpaired) electrons. The molecule has 2 aromatic carbocycles. The molecule has 0 aliphatic rings. The van der Waals surface area contributed by atoms with E-state index < -0.39 is 5.91 Å². The monoisotopic (exact) mass is 319 g/mol. The average Bonchev–Trinajstić information content (AvgIpc) is 2.86. The van der Waals surface area contributed by atoms with Gasteiger partial charge in [0, 0.05) is 17.5 Å². The van der Waals surface area contributed by atoms with E-state index >= 15 is 0 Å². The maximum Gasteiger partial charge on any atom is 0.295 e. The van der Waals surface area contributed by atoms with E-state index in [0.717, 1.165) is 16.5 Å². The molecule has 0 fully saturated rings. The van der Waals surface area contributed by atoms with Crippen molar-refractivity contribution in [2.45, 2.75) is 13.5 Å². The Morgan fingerprint density at radius 1 is 1.21 bits per heavy atom. The highest BCUT2D eigenvalue weighted by Crippen LogP contribution is 2.38. The third kappa shape index (κ3) is 2.84. The molecule has 5 heteroatoms. The number of fused-ring (bicyclic) bond motifs is 1. The smallest absolute Gasteiger partial charge is 0.295 e. The predicted octanol–water partition coefficient (Wildman–Crippen LogP) is 4.77. The van der Waals surface area contributed by atoms with Gasteiger partial charge in [-0.15, -0.1) is 16.8 Å². The number of aromatic hydroxyl groups is 1. The van der Waals surface area contributed by atoms with Crippen molar-refractivity contribution in [3.63, 3.8) is 0 Å². The Labute approximate surface area is 139 Å². The van der Waals surface area contributed by atoms with Crippen molar-refractivity contribution in [1.29, 1.82) is 0 Å². The zero-order valence-corrected chi connectivity index (χ0v) is 13.3. The minimum Gasteiger partial charge on any atom is -0.493 e. The summed E-state index contributed by atoms with van der Waals surface area (Å²) in [4.78, 5) is 12.1. The van der Waals surface area contributed by atoms with Gasteiger partial charge in [0.2, 0.25) is 5.88 Å². The Morgan fingerprint density at radius 2 is 1.92 bits per heavy atom. The van der Waals surface area contributed by atoms with E-state index in [1.54, 1.807) is 22.8 Å². The van der Waals surface area contributed by atoms with E-state index in [4.69, 9.17) is 0 Å². The lowest BCUT2D eigenvalue weighted by Crippen LogP contribution is -1.93. The van der Waals surface area contributed by atoms with Crippen molar-refractivity contribution in [3.8, 4) is 5.88 Å². The number of amides is 1. The third-order valence-electron chi connectivity index (χ3n) is 3.77. The molecule has 1 amide bonds. The highest BCUT2D eigenvalue weighted by molar-refractivity contribution is 5.97. The maximum absolute atomic E-state index is 12.1. The number of para-hydroxylation sites is 1. The quantitative estimate of drug-likeness (QED) is 0.556. The number of azo groups is 1. The number of rotatable bonds is 4. The minimum absolute atomic E-state index is 0.0310. The summed E-state index contributed by atoms with van der Waals surface area (Å²) in [6.07, 6.45) is 1.69. The molecule has 24 heavy (non-hydrogen) atoms. The fourth-order valence-electron chi connectivity index (χ4n) is 2.53. The number of nitrogens with zero attached hydrogens (tertiary/aromatic N) is 3. The van der Waals surface area contributed by atoms with Gasteiger partial charge in [-0.3, -0.25) is 4.79 Å². The summed E-state index contributed by atoms with van der Waals surface area (Å²) in [5.74, 6) is -0.480. The van der Waals surface area contributed by atoms with Gasteiger partial charge >= 0.3 is 0 Å². The Morgan fingerprint density at radius 3 is 2.62 bits per heavy atom. The van der Waals surface area contributed by atoms with Crippen LogP contribution in [0.25, 0.3) is 10.9 Å². The second kappa shape index (κ2) is 6.50. The predicted molar refractivity (Wildman–Crippen MR) is 93.8 cm³/mol. The molecule has 3 aromatic rings.